The lowest BCUT2D eigenvalue weighted by molar-refractivity contribution is -0.130. The smallest absolute Gasteiger partial charge is 0.244 e. The third-order valence-corrected chi connectivity index (χ3v) is 2.18. The van der Waals surface area contributed by atoms with Crippen LogP contribution in [0.1, 0.15) is 12.8 Å². The van der Waals surface area contributed by atoms with Crippen LogP contribution in [-0.2, 0) is 11.3 Å². The number of amides is 1. The molecule has 6 heteroatoms. The zero-order valence-corrected chi connectivity index (χ0v) is 9.46. The second-order valence-electron chi connectivity index (χ2n) is 3.55. The van der Waals surface area contributed by atoms with Crippen molar-refractivity contribution in [3.63, 3.8) is 0 Å². The predicted molar refractivity (Wildman–Crippen MR) is 61.5 cm³/mol. The summed E-state index contributed by atoms with van der Waals surface area (Å²) in [6.07, 6.45) is 5.13. The second-order valence-corrected chi connectivity index (χ2v) is 3.55. The molecule has 0 bridgehead atoms. The summed E-state index contributed by atoms with van der Waals surface area (Å²) in [5.41, 5.74) is 5.35. The van der Waals surface area contributed by atoms with Crippen molar-refractivity contribution in [2.75, 3.05) is 19.3 Å². The summed E-state index contributed by atoms with van der Waals surface area (Å²) in [4.78, 5) is 17.1. The molecule has 1 rings (SSSR count). The molecule has 6 nitrogen and oxygen atoms in total. The Bertz CT molecular complexity index is 360. The largest absolute Gasteiger partial charge is 0.367 e. The van der Waals surface area contributed by atoms with Crippen LogP contribution in [0.2, 0.25) is 0 Å². The third kappa shape index (κ3) is 3.72. The fourth-order valence-corrected chi connectivity index (χ4v) is 1.24. The van der Waals surface area contributed by atoms with E-state index in [0.717, 1.165) is 19.4 Å². The Labute approximate surface area is 94.7 Å². The number of nitrogen functional groups attached to an aromatic ring is 1. The van der Waals surface area contributed by atoms with Crippen LogP contribution in [0, 0.1) is 0 Å². The fraction of sp³-hybridized carbons (Fsp3) is 0.500. The molecule has 0 aliphatic carbocycles. The van der Waals surface area contributed by atoms with E-state index in [0.29, 0.717) is 0 Å². The first-order valence-electron chi connectivity index (χ1n) is 5.13. The van der Waals surface area contributed by atoms with E-state index >= 15 is 0 Å². The quantitative estimate of drug-likeness (QED) is 0.555. The van der Waals surface area contributed by atoms with Crippen molar-refractivity contribution in [3.8, 4) is 0 Å². The maximum Gasteiger partial charge on any atom is 0.244 e. The molecule has 0 aromatic carbocycles. The molecule has 0 aliphatic rings. The highest BCUT2D eigenvalue weighted by Gasteiger charge is 2.09. The summed E-state index contributed by atoms with van der Waals surface area (Å²) < 4.78 is 1.43. The highest BCUT2D eigenvalue weighted by Crippen LogP contribution is 1.96. The second kappa shape index (κ2) is 5.89. The number of nitrogens with zero attached hydrogens (tertiary/aromatic N) is 4. The van der Waals surface area contributed by atoms with E-state index in [4.69, 9.17) is 5.73 Å². The molecule has 0 saturated carbocycles. The molecular weight excluding hydrogens is 206 g/mol. The lowest BCUT2D eigenvalue weighted by atomic mass is 10.3. The van der Waals surface area contributed by atoms with E-state index < -0.39 is 0 Å². The maximum absolute atomic E-state index is 11.7. The molecular formula is C10H17N5O. The molecule has 1 aromatic heterocycles. The Morgan fingerprint density at radius 1 is 1.75 bits per heavy atom. The van der Waals surface area contributed by atoms with Crippen LogP contribution in [0.5, 0.6) is 0 Å². The number of allylic oxidation sites excluding steroid dienone is 1. The van der Waals surface area contributed by atoms with Crippen molar-refractivity contribution in [1.82, 2.24) is 19.7 Å². The summed E-state index contributed by atoms with van der Waals surface area (Å²) in [7, 11) is 1.77. The molecule has 88 valence electrons. The Morgan fingerprint density at radius 3 is 3.06 bits per heavy atom. The molecule has 1 aromatic rings. The van der Waals surface area contributed by atoms with Crippen LogP contribution in [0.25, 0.3) is 0 Å². The fourth-order valence-electron chi connectivity index (χ4n) is 1.24. The number of anilines is 1. The van der Waals surface area contributed by atoms with Gasteiger partial charge in [0.25, 0.3) is 0 Å². The molecule has 0 spiro atoms. The highest BCUT2D eigenvalue weighted by atomic mass is 16.2. The standard InChI is InChI=1S/C10H17N5O/c1-3-4-5-6-14(2)9(16)7-15-8-12-10(11)13-15/h3,8H,1,4-7H2,2H3,(H2,11,13). The van der Waals surface area contributed by atoms with Crippen molar-refractivity contribution in [2.24, 2.45) is 0 Å². The first kappa shape index (κ1) is 12.2. The van der Waals surface area contributed by atoms with Crippen molar-refractivity contribution < 1.29 is 4.79 Å². The minimum atomic E-state index is -0.00559. The lowest BCUT2D eigenvalue weighted by Crippen LogP contribution is -2.31. The van der Waals surface area contributed by atoms with Crippen LogP contribution in [0.15, 0.2) is 19.0 Å². The van der Waals surface area contributed by atoms with Crippen LogP contribution >= 0.6 is 0 Å². The zero-order valence-electron chi connectivity index (χ0n) is 9.46. The van der Waals surface area contributed by atoms with Gasteiger partial charge in [0.2, 0.25) is 11.9 Å². The van der Waals surface area contributed by atoms with Gasteiger partial charge in [-0.1, -0.05) is 6.08 Å². The van der Waals surface area contributed by atoms with Gasteiger partial charge in [-0.15, -0.1) is 11.7 Å². The molecule has 0 fully saturated rings. The Hall–Kier alpha value is -1.85. The minimum absolute atomic E-state index is 0.00559. The van der Waals surface area contributed by atoms with Crippen molar-refractivity contribution in [1.29, 1.82) is 0 Å². The van der Waals surface area contributed by atoms with E-state index in [1.54, 1.807) is 11.9 Å². The Morgan fingerprint density at radius 2 is 2.50 bits per heavy atom. The van der Waals surface area contributed by atoms with Crippen molar-refractivity contribution in [3.05, 3.63) is 19.0 Å². The third-order valence-electron chi connectivity index (χ3n) is 2.18. The zero-order chi connectivity index (χ0) is 12.0. The molecule has 0 unspecified atom stereocenters. The van der Waals surface area contributed by atoms with Gasteiger partial charge in [-0.2, -0.15) is 0 Å². The molecule has 1 amide bonds. The van der Waals surface area contributed by atoms with Gasteiger partial charge in [-0.25, -0.2) is 9.67 Å². The number of rotatable bonds is 6. The number of carbonyl (C=O) groups excluding carboxylic acids is 1. The number of aromatic nitrogens is 3. The van der Waals surface area contributed by atoms with E-state index in [2.05, 4.69) is 16.7 Å². The van der Waals surface area contributed by atoms with Crippen molar-refractivity contribution >= 4 is 11.9 Å². The van der Waals surface area contributed by atoms with Crippen LogP contribution in [0.4, 0.5) is 5.95 Å². The normalized spacial score (nSPS) is 10.1. The van der Waals surface area contributed by atoms with Crippen LogP contribution < -0.4 is 5.73 Å². The molecule has 0 aliphatic heterocycles. The average Bonchev–Trinajstić information content (AvgIpc) is 2.64. The predicted octanol–water partition coefficient (Wildman–Crippen LogP) is 0.285. The molecule has 1 heterocycles. The summed E-state index contributed by atoms with van der Waals surface area (Å²) >= 11 is 0. The van der Waals surface area contributed by atoms with Crippen LogP contribution in [-0.4, -0.2) is 39.2 Å². The van der Waals surface area contributed by atoms with Crippen LogP contribution in [0.3, 0.4) is 0 Å². The number of carbonyl (C=O) groups is 1. The van der Waals surface area contributed by atoms with Crippen molar-refractivity contribution in [2.45, 2.75) is 19.4 Å². The number of likely N-dealkylation sites (N-methyl/N-ethyl adjacent to an activating group) is 1. The van der Waals surface area contributed by atoms with E-state index in [-0.39, 0.29) is 18.4 Å². The maximum atomic E-state index is 11.7. The molecule has 0 radical (unpaired) electrons. The summed E-state index contributed by atoms with van der Waals surface area (Å²) in [6.45, 7) is 4.53. The summed E-state index contributed by atoms with van der Waals surface area (Å²) in [5, 5.41) is 3.85. The van der Waals surface area contributed by atoms with Gasteiger partial charge in [0.15, 0.2) is 0 Å². The first-order valence-corrected chi connectivity index (χ1v) is 5.13. The van der Waals surface area contributed by atoms with E-state index in [1.807, 2.05) is 6.08 Å². The van der Waals surface area contributed by atoms with E-state index in [9.17, 15) is 4.79 Å². The summed E-state index contributed by atoms with van der Waals surface area (Å²) in [6, 6.07) is 0. The molecule has 0 saturated heterocycles. The first-order chi connectivity index (χ1) is 7.63. The van der Waals surface area contributed by atoms with Gasteiger partial charge in [-0.3, -0.25) is 4.79 Å². The number of hydrogen-bond acceptors (Lipinski definition) is 4. The monoisotopic (exact) mass is 223 g/mol. The SMILES string of the molecule is C=CCCCN(C)C(=O)Cn1cnc(N)n1. The lowest BCUT2D eigenvalue weighted by Gasteiger charge is -2.16. The number of hydrogen-bond donors (Lipinski definition) is 1. The topological polar surface area (TPSA) is 77.0 Å². The van der Waals surface area contributed by atoms with Gasteiger partial charge in [0, 0.05) is 13.6 Å². The molecule has 16 heavy (non-hydrogen) atoms. The number of nitrogens with two attached hydrogens (primary N) is 1. The number of unbranched alkanes of at least 4 members (excludes halogenated alkanes) is 1. The van der Waals surface area contributed by atoms with Gasteiger partial charge in [-0.05, 0) is 12.8 Å². The van der Waals surface area contributed by atoms with Gasteiger partial charge in [0.1, 0.15) is 12.9 Å². The van der Waals surface area contributed by atoms with Gasteiger partial charge in [0.05, 0.1) is 0 Å². The Balaban J connectivity index is 2.36. The molecule has 2 N–H and O–H groups in total. The molecule has 0 atom stereocenters. The van der Waals surface area contributed by atoms with Gasteiger partial charge >= 0.3 is 0 Å². The highest BCUT2D eigenvalue weighted by molar-refractivity contribution is 5.75. The minimum Gasteiger partial charge on any atom is -0.367 e. The average molecular weight is 223 g/mol. The van der Waals surface area contributed by atoms with Gasteiger partial charge < -0.3 is 10.6 Å². The summed E-state index contributed by atoms with van der Waals surface area (Å²) in [5.74, 6) is 0.177. The Kier molecular flexibility index (Phi) is 4.50. The van der Waals surface area contributed by atoms with E-state index in [1.165, 1.54) is 11.0 Å².